The van der Waals surface area contributed by atoms with Crippen molar-refractivity contribution in [3.8, 4) is 11.5 Å². The predicted molar refractivity (Wildman–Crippen MR) is 98.4 cm³/mol. The first-order valence-electron chi connectivity index (χ1n) is 8.08. The summed E-state index contributed by atoms with van der Waals surface area (Å²) in [6.07, 6.45) is 2.76. The summed E-state index contributed by atoms with van der Waals surface area (Å²) in [5, 5.41) is 0. The maximum Gasteiger partial charge on any atom is 0.516 e. The van der Waals surface area contributed by atoms with Gasteiger partial charge in [-0.3, -0.25) is 9.29 Å². The van der Waals surface area contributed by atoms with Gasteiger partial charge in [-0.15, -0.1) is 0 Å². The van der Waals surface area contributed by atoms with Crippen molar-refractivity contribution in [1.82, 2.24) is 4.98 Å². The number of anilines is 1. The lowest BCUT2D eigenvalue weighted by Crippen LogP contribution is -2.40. The van der Waals surface area contributed by atoms with Crippen molar-refractivity contribution in [2.24, 2.45) is 0 Å². The highest BCUT2D eigenvalue weighted by Gasteiger charge is 2.50. The zero-order valence-electron chi connectivity index (χ0n) is 14.4. The molecule has 9 heteroatoms. The highest BCUT2D eigenvalue weighted by atomic mass is 32.2. The van der Waals surface area contributed by atoms with Crippen LogP contribution in [-0.4, -0.2) is 18.9 Å². The molecule has 3 rings (SSSR count). The number of alkyl halides is 3. The molecule has 2 aromatic carbocycles. The van der Waals surface area contributed by atoms with Crippen LogP contribution >= 0.6 is 0 Å². The number of pyridine rings is 1. The molecule has 0 atom stereocenters. The van der Waals surface area contributed by atoms with Gasteiger partial charge in [0.2, 0.25) is 0 Å². The van der Waals surface area contributed by atoms with Gasteiger partial charge in [0.15, 0.2) is 0 Å². The molecule has 1 heterocycles. The second-order valence-corrected chi connectivity index (χ2v) is 7.58. The molecular weight excluding hydrogens is 393 g/mol. The van der Waals surface area contributed by atoms with Crippen LogP contribution in [-0.2, 0) is 16.6 Å². The van der Waals surface area contributed by atoms with E-state index in [0.717, 1.165) is 0 Å². The van der Waals surface area contributed by atoms with Gasteiger partial charge in [-0.05, 0) is 54.1 Å². The molecule has 146 valence electrons. The van der Waals surface area contributed by atoms with Crippen LogP contribution in [0, 0.1) is 0 Å². The average molecular weight is 408 g/mol. The average Bonchev–Trinajstić information content (AvgIpc) is 2.67. The van der Waals surface area contributed by atoms with Gasteiger partial charge in [-0.2, -0.15) is 21.6 Å². The van der Waals surface area contributed by atoms with E-state index in [4.69, 9.17) is 4.74 Å². The lowest BCUT2D eigenvalue weighted by Gasteiger charge is -2.25. The van der Waals surface area contributed by atoms with Gasteiger partial charge in [0, 0.05) is 12.4 Å². The van der Waals surface area contributed by atoms with E-state index in [1.165, 1.54) is 48.8 Å². The highest BCUT2D eigenvalue weighted by Crippen LogP contribution is 2.33. The largest absolute Gasteiger partial charge is 0.516 e. The van der Waals surface area contributed by atoms with E-state index >= 15 is 0 Å². The lowest BCUT2D eigenvalue weighted by molar-refractivity contribution is -0.0438. The Balaban J connectivity index is 1.91. The number of aromatic nitrogens is 1. The molecular formula is C19H15F3N2O3S. The summed E-state index contributed by atoms with van der Waals surface area (Å²) < 4.78 is 69.6. The molecule has 0 saturated heterocycles. The first-order valence-corrected chi connectivity index (χ1v) is 9.52. The monoisotopic (exact) mass is 408 g/mol. The minimum Gasteiger partial charge on any atom is -0.457 e. The molecule has 0 aliphatic rings. The first kappa shape index (κ1) is 19.7. The Bertz CT molecular complexity index is 1010. The maximum atomic E-state index is 13.2. The van der Waals surface area contributed by atoms with Gasteiger partial charge in [-0.1, -0.05) is 18.2 Å². The number of para-hydroxylation sites is 1. The van der Waals surface area contributed by atoms with E-state index < -0.39 is 22.1 Å². The van der Waals surface area contributed by atoms with Crippen LogP contribution in [0.5, 0.6) is 11.5 Å². The number of halogens is 3. The van der Waals surface area contributed by atoms with Crippen molar-refractivity contribution >= 4 is 15.7 Å². The molecule has 28 heavy (non-hydrogen) atoms. The number of hydrogen-bond donors (Lipinski definition) is 0. The molecule has 0 bridgehead atoms. The van der Waals surface area contributed by atoms with Crippen LogP contribution < -0.4 is 9.04 Å². The summed E-state index contributed by atoms with van der Waals surface area (Å²) in [7, 11) is -5.59. The summed E-state index contributed by atoms with van der Waals surface area (Å²) in [6.45, 7) is -0.483. The van der Waals surface area contributed by atoms with Crippen LogP contribution in [0.2, 0.25) is 0 Å². The van der Waals surface area contributed by atoms with E-state index in [0.29, 0.717) is 21.4 Å². The Morgan fingerprint density at radius 2 is 1.43 bits per heavy atom. The van der Waals surface area contributed by atoms with E-state index in [2.05, 4.69) is 4.98 Å². The molecule has 0 radical (unpaired) electrons. The quantitative estimate of drug-likeness (QED) is 0.592. The third-order valence-corrected chi connectivity index (χ3v) is 5.27. The molecule has 0 N–H and O–H groups in total. The topological polar surface area (TPSA) is 59.5 Å². The van der Waals surface area contributed by atoms with Crippen molar-refractivity contribution in [3.63, 3.8) is 0 Å². The van der Waals surface area contributed by atoms with Crippen LogP contribution in [0.3, 0.4) is 0 Å². The third-order valence-electron chi connectivity index (χ3n) is 3.76. The number of hydrogen-bond acceptors (Lipinski definition) is 4. The molecule has 0 unspecified atom stereocenters. The van der Waals surface area contributed by atoms with Crippen LogP contribution in [0.25, 0.3) is 0 Å². The van der Waals surface area contributed by atoms with Crippen LogP contribution in [0.15, 0.2) is 79.1 Å². The Labute approximate surface area is 160 Å². The zero-order chi connectivity index (χ0) is 20.2. The zero-order valence-corrected chi connectivity index (χ0v) is 15.2. The fourth-order valence-electron chi connectivity index (χ4n) is 2.40. The van der Waals surface area contributed by atoms with Gasteiger partial charge < -0.3 is 4.74 Å². The predicted octanol–water partition coefficient (Wildman–Crippen LogP) is 4.73. The lowest BCUT2D eigenvalue weighted by atomic mass is 10.2. The molecule has 5 nitrogen and oxygen atoms in total. The summed E-state index contributed by atoms with van der Waals surface area (Å²) in [5.41, 5.74) is -5.19. The normalized spacial score (nSPS) is 11.8. The van der Waals surface area contributed by atoms with Gasteiger partial charge in [0.1, 0.15) is 11.5 Å². The van der Waals surface area contributed by atoms with Gasteiger partial charge >= 0.3 is 15.5 Å². The summed E-state index contributed by atoms with van der Waals surface area (Å²) >= 11 is 0. The minimum absolute atomic E-state index is 0.130. The number of ether oxygens (including phenoxy) is 1. The SMILES string of the molecule is O=S(=O)(N(Cc1ccncc1)c1ccc(Oc2ccccc2)cc1)C(F)(F)F. The Kier molecular flexibility index (Phi) is 5.55. The Hall–Kier alpha value is -3.07. The standard InChI is InChI=1S/C19H15F3N2O3S/c20-19(21,22)28(25,26)24(14-15-10-12-23-13-11-15)16-6-8-18(9-7-16)27-17-4-2-1-3-5-17/h1-13H,14H2. The van der Waals surface area contributed by atoms with Crippen molar-refractivity contribution < 1.29 is 26.3 Å². The number of nitrogens with zero attached hydrogens (tertiary/aromatic N) is 2. The number of benzene rings is 2. The minimum atomic E-state index is -5.59. The molecule has 0 saturated carbocycles. The fraction of sp³-hybridized carbons (Fsp3) is 0.105. The molecule has 3 aromatic rings. The summed E-state index contributed by atoms with van der Waals surface area (Å²) in [6, 6.07) is 17.1. The van der Waals surface area contributed by atoms with Crippen molar-refractivity contribution in [1.29, 1.82) is 0 Å². The molecule has 0 fully saturated rings. The van der Waals surface area contributed by atoms with Gasteiger partial charge in [0.05, 0.1) is 12.2 Å². The third kappa shape index (κ3) is 4.42. The highest BCUT2D eigenvalue weighted by molar-refractivity contribution is 7.93. The van der Waals surface area contributed by atoms with Crippen LogP contribution in [0.1, 0.15) is 5.56 Å². The Morgan fingerprint density at radius 3 is 2.00 bits per heavy atom. The second kappa shape index (κ2) is 7.89. The summed E-state index contributed by atoms with van der Waals surface area (Å²) in [5.74, 6) is 0.912. The number of rotatable bonds is 6. The molecule has 1 aromatic heterocycles. The van der Waals surface area contributed by atoms with E-state index in [-0.39, 0.29) is 5.69 Å². The van der Waals surface area contributed by atoms with E-state index in [9.17, 15) is 21.6 Å². The van der Waals surface area contributed by atoms with E-state index in [1.807, 2.05) is 6.07 Å². The molecule has 0 aliphatic heterocycles. The molecule has 0 amide bonds. The van der Waals surface area contributed by atoms with E-state index in [1.54, 1.807) is 24.3 Å². The van der Waals surface area contributed by atoms with Crippen molar-refractivity contribution in [2.45, 2.75) is 12.1 Å². The van der Waals surface area contributed by atoms with Crippen molar-refractivity contribution in [3.05, 3.63) is 84.7 Å². The smallest absolute Gasteiger partial charge is 0.457 e. The fourth-order valence-corrected chi connectivity index (χ4v) is 3.37. The second-order valence-electron chi connectivity index (χ2n) is 5.72. The van der Waals surface area contributed by atoms with Crippen LogP contribution in [0.4, 0.5) is 18.9 Å². The maximum absolute atomic E-state index is 13.2. The first-order chi connectivity index (χ1) is 13.3. The van der Waals surface area contributed by atoms with Gasteiger partial charge in [0.25, 0.3) is 0 Å². The molecule has 0 spiro atoms. The van der Waals surface area contributed by atoms with Gasteiger partial charge in [-0.25, -0.2) is 0 Å². The van der Waals surface area contributed by atoms with Crippen molar-refractivity contribution in [2.75, 3.05) is 4.31 Å². The summed E-state index contributed by atoms with van der Waals surface area (Å²) in [4.78, 5) is 3.78. The molecule has 0 aliphatic carbocycles. The Morgan fingerprint density at radius 1 is 0.857 bits per heavy atom. The number of sulfonamides is 1.